The van der Waals surface area contributed by atoms with Gasteiger partial charge in [0.05, 0.1) is 18.2 Å². The van der Waals surface area contributed by atoms with Crippen LogP contribution in [0.1, 0.15) is 41.3 Å². The third-order valence-corrected chi connectivity index (χ3v) is 5.73. The van der Waals surface area contributed by atoms with Crippen molar-refractivity contribution in [3.8, 4) is 5.75 Å². The van der Waals surface area contributed by atoms with E-state index in [1.807, 2.05) is 4.90 Å². The van der Waals surface area contributed by atoms with Crippen molar-refractivity contribution in [2.75, 3.05) is 38.3 Å². The number of hydrogen-bond donors (Lipinski definition) is 1. The fraction of sp³-hybridized carbons (Fsp3) is 0.455. The van der Waals surface area contributed by atoms with E-state index in [9.17, 15) is 9.59 Å². The minimum atomic E-state index is -0.131. The predicted octanol–water partition coefficient (Wildman–Crippen LogP) is 2.19. The molecule has 1 saturated heterocycles. The Morgan fingerprint density at radius 2 is 2.16 bits per heavy atom. The van der Waals surface area contributed by atoms with E-state index in [1.165, 1.54) is 4.57 Å². The molecule has 1 fully saturated rings. The van der Waals surface area contributed by atoms with E-state index in [1.54, 1.807) is 49.5 Å². The topological polar surface area (TPSA) is 101 Å². The molecule has 2 aliphatic rings. The average molecular weight is 425 g/mol. The number of anilines is 2. The zero-order valence-electron chi connectivity index (χ0n) is 17.8. The van der Waals surface area contributed by atoms with Gasteiger partial charge in [-0.05, 0) is 25.0 Å². The van der Waals surface area contributed by atoms with Crippen LogP contribution in [0.15, 0.2) is 30.6 Å². The lowest BCUT2D eigenvalue weighted by atomic mass is 10.1. The number of amides is 1. The first-order chi connectivity index (χ1) is 15.0. The lowest BCUT2D eigenvalue weighted by Gasteiger charge is -2.33. The number of carbonyl (C=O) groups is 2. The first-order valence-corrected chi connectivity index (χ1v) is 10.5. The minimum absolute atomic E-state index is 0.0644. The van der Waals surface area contributed by atoms with Crippen molar-refractivity contribution in [2.24, 2.45) is 0 Å². The summed E-state index contributed by atoms with van der Waals surface area (Å²) in [6.07, 6.45) is 5.45. The Balaban J connectivity index is 1.59. The van der Waals surface area contributed by atoms with Crippen LogP contribution in [0.3, 0.4) is 0 Å². The Kier molecular flexibility index (Phi) is 6.03. The number of carbonyl (C=O) groups excluding carboxylic acids is 2. The fourth-order valence-corrected chi connectivity index (χ4v) is 4.01. The summed E-state index contributed by atoms with van der Waals surface area (Å²) in [4.78, 5) is 33.2. The number of aromatic nitrogens is 2. The van der Waals surface area contributed by atoms with Gasteiger partial charge in [-0.3, -0.25) is 19.6 Å². The van der Waals surface area contributed by atoms with Gasteiger partial charge in [-0.25, -0.2) is 4.98 Å². The van der Waals surface area contributed by atoms with Gasteiger partial charge in [-0.15, -0.1) is 0 Å². The Bertz CT molecular complexity index is 1050. The molecular formula is C22H27N5O4. The summed E-state index contributed by atoms with van der Waals surface area (Å²) in [7, 11) is 1.67. The van der Waals surface area contributed by atoms with E-state index >= 15 is 0 Å². The molecule has 4 rings (SSSR count). The molecule has 1 atom stereocenters. The van der Waals surface area contributed by atoms with Crippen LogP contribution in [0.5, 0.6) is 5.75 Å². The maximum absolute atomic E-state index is 13.0. The number of nitrogens with zero attached hydrogens (tertiary/aromatic N) is 4. The molecule has 0 saturated carbocycles. The molecule has 0 spiro atoms. The monoisotopic (exact) mass is 425 g/mol. The number of methoxy groups -OCH3 is 1. The number of ether oxygens (including phenoxy) is 2. The normalized spacial score (nSPS) is 18.3. The molecule has 2 aromatic rings. The highest BCUT2D eigenvalue weighted by Crippen LogP contribution is 2.35. The van der Waals surface area contributed by atoms with E-state index < -0.39 is 0 Å². The minimum Gasteiger partial charge on any atom is -0.488 e. The van der Waals surface area contributed by atoms with Crippen molar-refractivity contribution in [1.29, 1.82) is 5.41 Å². The Morgan fingerprint density at radius 1 is 1.32 bits per heavy atom. The van der Waals surface area contributed by atoms with Gasteiger partial charge in [0.1, 0.15) is 12.1 Å². The highest BCUT2D eigenvalue weighted by atomic mass is 16.5. The number of fused-ring (bicyclic) bond motifs is 1. The number of likely N-dealkylation sites (tertiary alicyclic amines) is 1. The van der Waals surface area contributed by atoms with E-state index in [4.69, 9.17) is 14.9 Å². The molecule has 31 heavy (non-hydrogen) atoms. The number of rotatable bonds is 4. The molecule has 2 aliphatic heterocycles. The lowest BCUT2D eigenvalue weighted by Crippen LogP contribution is -2.43. The van der Waals surface area contributed by atoms with Crippen LogP contribution >= 0.6 is 0 Å². The Hall–Kier alpha value is -3.20. The number of hydrogen-bond acceptors (Lipinski definition) is 7. The van der Waals surface area contributed by atoms with Gasteiger partial charge in [-0.1, -0.05) is 6.92 Å². The molecule has 0 bridgehead atoms. The molecule has 1 N–H and O–H groups in total. The van der Waals surface area contributed by atoms with Crippen LogP contribution in [0.2, 0.25) is 0 Å². The second-order valence-corrected chi connectivity index (χ2v) is 7.68. The quantitative estimate of drug-likeness (QED) is 0.806. The average Bonchev–Trinajstić information content (AvgIpc) is 2.82. The zero-order valence-corrected chi connectivity index (χ0v) is 17.8. The Morgan fingerprint density at radius 3 is 2.90 bits per heavy atom. The number of pyridine rings is 2. The molecule has 0 radical (unpaired) electrons. The smallest absolute Gasteiger partial charge is 0.255 e. The lowest BCUT2D eigenvalue weighted by molar-refractivity contribution is 0.0268. The first kappa shape index (κ1) is 21.0. The van der Waals surface area contributed by atoms with Crippen molar-refractivity contribution in [1.82, 2.24) is 14.5 Å². The van der Waals surface area contributed by atoms with Gasteiger partial charge >= 0.3 is 0 Å². The van der Waals surface area contributed by atoms with Gasteiger partial charge in [0.2, 0.25) is 5.91 Å². The van der Waals surface area contributed by atoms with E-state index in [2.05, 4.69) is 4.98 Å². The van der Waals surface area contributed by atoms with Gasteiger partial charge in [0.25, 0.3) is 5.91 Å². The van der Waals surface area contributed by atoms with Crippen molar-refractivity contribution < 1.29 is 19.1 Å². The highest BCUT2D eigenvalue weighted by Gasteiger charge is 2.27. The molecule has 0 unspecified atom stereocenters. The summed E-state index contributed by atoms with van der Waals surface area (Å²) in [5.74, 6) is 0.916. The summed E-state index contributed by atoms with van der Waals surface area (Å²) in [6.45, 7) is 4.03. The van der Waals surface area contributed by atoms with Crippen LogP contribution in [-0.4, -0.2) is 65.7 Å². The van der Waals surface area contributed by atoms with E-state index in [-0.39, 0.29) is 23.4 Å². The SMILES string of the molecule is CCC(=O)n1ccc(N2CCOc3cc(C(=O)N4CCC[C@@H](OC)C4)cnc32)cc1=N. The van der Waals surface area contributed by atoms with Crippen LogP contribution in [0.25, 0.3) is 0 Å². The van der Waals surface area contributed by atoms with Gasteiger partial charge in [0.15, 0.2) is 11.6 Å². The first-order valence-electron chi connectivity index (χ1n) is 10.5. The van der Waals surface area contributed by atoms with Gasteiger partial charge in [0, 0.05) is 50.8 Å². The van der Waals surface area contributed by atoms with Crippen molar-refractivity contribution >= 4 is 23.3 Å². The maximum atomic E-state index is 13.0. The third-order valence-electron chi connectivity index (χ3n) is 5.73. The predicted molar refractivity (Wildman–Crippen MR) is 114 cm³/mol. The molecule has 164 valence electrons. The molecule has 2 aromatic heterocycles. The molecule has 1 amide bonds. The largest absolute Gasteiger partial charge is 0.488 e. The summed E-state index contributed by atoms with van der Waals surface area (Å²) < 4.78 is 12.5. The molecule has 4 heterocycles. The standard InChI is InChI=1S/C22H27N5O4/c1-3-20(28)27-8-6-16(12-19(27)23)26-9-10-31-18-11-15(13-24-21(18)26)22(29)25-7-4-5-17(14-25)30-2/h6,8,11-13,17,23H,3-5,7,9-10,14H2,1-2H3/t17-/m1/s1. The maximum Gasteiger partial charge on any atom is 0.255 e. The summed E-state index contributed by atoms with van der Waals surface area (Å²) in [6, 6.07) is 5.17. The Labute approximate surface area is 180 Å². The molecule has 9 nitrogen and oxygen atoms in total. The summed E-state index contributed by atoms with van der Waals surface area (Å²) >= 11 is 0. The molecule has 0 aromatic carbocycles. The number of nitrogens with one attached hydrogen (secondary N) is 1. The van der Waals surface area contributed by atoms with Crippen LogP contribution in [-0.2, 0) is 4.74 Å². The zero-order chi connectivity index (χ0) is 22.0. The van der Waals surface area contributed by atoms with Gasteiger partial charge < -0.3 is 19.3 Å². The number of piperidine rings is 1. The van der Waals surface area contributed by atoms with Crippen LogP contribution < -0.4 is 15.1 Å². The highest BCUT2D eigenvalue weighted by molar-refractivity contribution is 5.95. The second-order valence-electron chi connectivity index (χ2n) is 7.68. The fourth-order valence-electron chi connectivity index (χ4n) is 4.01. The van der Waals surface area contributed by atoms with E-state index in [0.29, 0.717) is 49.8 Å². The second kappa shape index (κ2) is 8.89. The van der Waals surface area contributed by atoms with Crippen LogP contribution in [0, 0.1) is 5.41 Å². The molecule has 0 aliphatic carbocycles. The summed E-state index contributed by atoms with van der Waals surface area (Å²) in [5, 5.41) is 8.19. The van der Waals surface area contributed by atoms with Crippen LogP contribution in [0.4, 0.5) is 11.5 Å². The molecular weight excluding hydrogens is 398 g/mol. The summed E-state index contributed by atoms with van der Waals surface area (Å²) in [5.41, 5.74) is 1.35. The van der Waals surface area contributed by atoms with E-state index in [0.717, 1.165) is 18.5 Å². The molecule has 9 heteroatoms. The van der Waals surface area contributed by atoms with Crippen molar-refractivity contribution in [3.05, 3.63) is 41.6 Å². The van der Waals surface area contributed by atoms with Gasteiger partial charge in [-0.2, -0.15) is 0 Å². The third kappa shape index (κ3) is 4.18. The van der Waals surface area contributed by atoms with Crippen molar-refractivity contribution in [3.63, 3.8) is 0 Å². The van der Waals surface area contributed by atoms with Crippen molar-refractivity contribution in [2.45, 2.75) is 32.3 Å².